The highest BCUT2D eigenvalue weighted by Crippen LogP contribution is 2.23. The molecule has 2 aromatic rings. The van der Waals surface area contributed by atoms with Crippen LogP contribution in [0, 0.1) is 0 Å². The number of hydrogen-bond donors (Lipinski definition) is 1. The minimum absolute atomic E-state index is 0. The van der Waals surface area contributed by atoms with Crippen molar-refractivity contribution in [3.63, 3.8) is 0 Å². The van der Waals surface area contributed by atoms with E-state index in [2.05, 4.69) is 59.9 Å². The van der Waals surface area contributed by atoms with Gasteiger partial charge in [0.1, 0.15) is 0 Å². The molecule has 3 rings (SSSR count). The number of nitrogens with one attached hydrogen (secondary N) is 1. The molecule has 0 aliphatic carbocycles. The number of nitrogens with zero attached hydrogens (tertiary/aromatic N) is 1. The van der Waals surface area contributed by atoms with E-state index in [9.17, 15) is 0 Å². The first-order valence-corrected chi connectivity index (χ1v) is 9.34. The van der Waals surface area contributed by atoms with Gasteiger partial charge in [0.15, 0.2) is 0 Å². The van der Waals surface area contributed by atoms with Crippen molar-refractivity contribution in [2.24, 2.45) is 4.99 Å². The van der Waals surface area contributed by atoms with E-state index < -0.39 is 0 Å². The third kappa shape index (κ3) is 6.21. The summed E-state index contributed by atoms with van der Waals surface area (Å²) < 4.78 is 0. The molecule has 3 heteroatoms. The van der Waals surface area contributed by atoms with E-state index in [-0.39, 0.29) is 12.4 Å². The Hall–Kier alpha value is -1.80. The summed E-state index contributed by atoms with van der Waals surface area (Å²) in [7, 11) is 0. The van der Waals surface area contributed by atoms with Gasteiger partial charge >= 0.3 is 0 Å². The molecule has 0 unspecified atom stereocenters. The number of benzene rings is 2. The van der Waals surface area contributed by atoms with E-state index in [1.54, 1.807) is 0 Å². The highest BCUT2D eigenvalue weighted by Gasteiger charge is 2.06. The Morgan fingerprint density at radius 2 is 1.52 bits per heavy atom. The van der Waals surface area contributed by atoms with Crippen LogP contribution >= 0.6 is 12.4 Å². The van der Waals surface area contributed by atoms with Crippen LogP contribution in [0.5, 0.6) is 0 Å². The average molecular weight is 357 g/mol. The lowest BCUT2D eigenvalue weighted by Gasteiger charge is -2.12. The molecule has 0 aromatic heterocycles. The standard InChI is InChI=1S/C22H28N2.ClH/c1-2-7-15-22(23-17-10-3-1)24-18-16-20-13-8-9-14-21(20)19-11-5-4-6-12-19;/h4-6,8-9,11-14H,1-3,7,10,15-18H2,(H,23,24);1H. The van der Waals surface area contributed by atoms with Crippen LogP contribution < -0.4 is 5.32 Å². The summed E-state index contributed by atoms with van der Waals surface area (Å²) in [5.74, 6) is 1.22. The van der Waals surface area contributed by atoms with E-state index >= 15 is 0 Å². The van der Waals surface area contributed by atoms with E-state index in [1.165, 1.54) is 54.6 Å². The maximum atomic E-state index is 4.76. The zero-order valence-electron chi connectivity index (χ0n) is 14.9. The summed E-state index contributed by atoms with van der Waals surface area (Å²) in [5.41, 5.74) is 4.05. The summed E-state index contributed by atoms with van der Waals surface area (Å²) in [6.45, 7) is 1.95. The number of rotatable bonds is 4. The molecule has 0 saturated heterocycles. The molecule has 134 valence electrons. The van der Waals surface area contributed by atoms with Gasteiger partial charge in [-0.25, -0.2) is 0 Å². The molecule has 0 spiro atoms. The molecule has 2 nitrogen and oxygen atoms in total. The summed E-state index contributed by atoms with van der Waals surface area (Å²) in [4.78, 5) is 4.76. The number of hydrogen-bond acceptors (Lipinski definition) is 2. The largest absolute Gasteiger partial charge is 0.374 e. The fourth-order valence-corrected chi connectivity index (χ4v) is 3.35. The maximum absolute atomic E-state index is 4.76. The number of halogens is 1. The lowest BCUT2D eigenvalue weighted by molar-refractivity contribution is 0.638. The first-order chi connectivity index (χ1) is 11.9. The predicted octanol–water partition coefficient (Wildman–Crippen LogP) is 5.66. The van der Waals surface area contributed by atoms with Crippen molar-refractivity contribution >= 4 is 18.2 Å². The van der Waals surface area contributed by atoms with Crippen LogP contribution in [-0.2, 0) is 6.42 Å². The van der Waals surface area contributed by atoms with Gasteiger partial charge in [0.05, 0.1) is 5.84 Å². The lowest BCUT2D eigenvalue weighted by Crippen LogP contribution is -2.26. The SMILES string of the molecule is Cl.c1ccc(-c2ccccc2CCNC2=NCCCCCCC2)cc1. The summed E-state index contributed by atoms with van der Waals surface area (Å²) >= 11 is 0. The topological polar surface area (TPSA) is 24.4 Å². The molecule has 0 bridgehead atoms. The highest BCUT2D eigenvalue weighted by atomic mass is 35.5. The Balaban J connectivity index is 0.00000225. The summed E-state index contributed by atoms with van der Waals surface area (Å²) in [5, 5.41) is 3.59. The van der Waals surface area contributed by atoms with Crippen molar-refractivity contribution < 1.29 is 0 Å². The summed E-state index contributed by atoms with van der Waals surface area (Å²) in [6.07, 6.45) is 8.70. The molecular weight excluding hydrogens is 328 g/mol. The Bertz CT molecular complexity index is 652. The molecule has 0 atom stereocenters. The smallest absolute Gasteiger partial charge is 0.0963 e. The van der Waals surface area contributed by atoms with Crippen molar-refractivity contribution in [2.45, 2.75) is 44.9 Å². The van der Waals surface area contributed by atoms with Crippen LogP contribution in [0.1, 0.15) is 44.1 Å². The average Bonchev–Trinajstić information content (AvgIpc) is 2.77. The Kier molecular flexibility index (Phi) is 8.54. The number of aliphatic imine (C=N–C) groups is 1. The van der Waals surface area contributed by atoms with E-state index in [1.807, 2.05) is 0 Å². The maximum Gasteiger partial charge on any atom is 0.0963 e. The van der Waals surface area contributed by atoms with Gasteiger partial charge < -0.3 is 5.32 Å². The van der Waals surface area contributed by atoms with Crippen LogP contribution in [0.4, 0.5) is 0 Å². The number of amidine groups is 1. The van der Waals surface area contributed by atoms with Crippen molar-refractivity contribution in [2.75, 3.05) is 13.1 Å². The van der Waals surface area contributed by atoms with Crippen LogP contribution in [0.15, 0.2) is 59.6 Å². The highest BCUT2D eigenvalue weighted by molar-refractivity contribution is 5.85. The van der Waals surface area contributed by atoms with Crippen LogP contribution in [0.3, 0.4) is 0 Å². The molecule has 0 fully saturated rings. The third-order valence-corrected chi connectivity index (χ3v) is 4.70. The van der Waals surface area contributed by atoms with Gasteiger partial charge in [0, 0.05) is 19.5 Å². The summed E-state index contributed by atoms with van der Waals surface area (Å²) in [6, 6.07) is 19.4. The second-order valence-corrected chi connectivity index (χ2v) is 6.55. The first kappa shape index (κ1) is 19.5. The van der Waals surface area contributed by atoms with E-state index in [0.29, 0.717) is 0 Å². The normalized spacial score (nSPS) is 15.1. The molecule has 1 aliphatic rings. The van der Waals surface area contributed by atoms with Crippen LogP contribution in [-0.4, -0.2) is 18.9 Å². The second-order valence-electron chi connectivity index (χ2n) is 6.55. The minimum atomic E-state index is 0. The van der Waals surface area contributed by atoms with Gasteiger partial charge in [-0.05, 0) is 36.0 Å². The molecule has 1 N–H and O–H groups in total. The molecule has 0 radical (unpaired) electrons. The van der Waals surface area contributed by atoms with Crippen LogP contribution in [0.2, 0.25) is 0 Å². The Morgan fingerprint density at radius 1 is 0.800 bits per heavy atom. The zero-order valence-corrected chi connectivity index (χ0v) is 15.7. The van der Waals surface area contributed by atoms with Gasteiger partial charge in [-0.15, -0.1) is 12.4 Å². The van der Waals surface area contributed by atoms with E-state index in [4.69, 9.17) is 4.99 Å². The Labute approximate surface area is 158 Å². The molecule has 0 saturated carbocycles. The third-order valence-electron chi connectivity index (χ3n) is 4.70. The van der Waals surface area contributed by atoms with Crippen molar-refractivity contribution in [1.29, 1.82) is 0 Å². The molecular formula is C22H29ClN2. The zero-order chi connectivity index (χ0) is 16.5. The molecule has 2 aromatic carbocycles. The monoisotopic (exact) mass is 356 g/mol. The first-order valence-electron chi connectivity index (χ1n) is 9.34. The minimum Gasteiger partial charge on any atom is -0.374 e. The Morgan fingerprint density at radius 3 is 2.40 bits per heavy atom. The van der Waals surface area contributed by atoms with Gasteiger partial charge in [0.2, 0.25) is 0 Å². The molecule has 25 heavy (non-hydrogen) atoms. The fraction of sp³-hybridized carbons (Fsp3) is 0.409. The van der Waals surface area contributed by atoms with Crippen LogP contribution in [0.25, 0.3) is 11.1 Å². The molecule has 1 heterocycles. The predicted molar refractivity (Wildman–Crippen MR) is 111 cm³/mol. The van der Waals surface area contributed by atoms with Crippen molar-refractivity contribution in [3.05, 3.63) is 60.2 Å². The van der Waals surface area contributed by atoms with Crippen molar-refractivity contribution in [3.8, 4) is 11.1 Å². The molecule has 1 aliphatic heterocycles. The van der Waals surface area contributed by atoms with Gasteiger partial charge in [-0.1, -0.05) is 73.9 Å². The van der Waals surface area contributed by atoms with Gasteiger partial charge in [0.25, 0.3) is 0 Å². The molecule has 0 amide bonds. The van der Waals surface area contributed by atoms with E-state index in [0.717, 1.165) is 25.9 Å². The van der Waals surface area contributed by atoms with Gasteiger partial charge in [-0.3, -0.25) is 4.99 Å². The quantitative estimate of drug-likeness (QED) is 0.750. The fourth-order valence-electron chi connectivity index (χ4n) is 3.35. The lowest BCUT2D eigenvalue weighted by atomic mass is 9.98. The van der Waals surface area contributed by atoms with Crippen molar-refractivity contribution in [1.82, 2.24) is 5.32 Å². The second kappa shape index (κ2) is 10.9. The van der Waals surface area contributed by atoms with Gasteiger partial charge in [-0.2, -0.15) is 0 Å².